The van der Waals surface area contributed by atoms with Gasteiger partial charge in [-0.1, -0.05) is 188 Å². The van der Waals surface area contributed by atoms with Crippen molar-refractivity contribution >= 4 is 11.9 Å². The molecular formula is C39H76O5. The lowest BCUT2D eigenvalue weighted by atomic mass is 9.99. The zero-order valence-electron chi connectivity index (χ0n) is 29.9. The third-order valence-electron chi connectivity index (χ3n) is 9.13. The Balaban J connectivity index is 3.38. The summed E-state index contributed by atoms with van der Waals surface area (Å²) in [5, 5.41) is 9.99. The molecule has 0 aromatic heterocycles. The van der Waals surface area contributed by atoms with Gasteiger partial charge >= 0.3 is 11.9 Å². The number of aliphatic hydroxyl groups is 1. The number of esters is 2. The Kier molecular flexibility index (Phi) is 33.9. The van der Waals surface area contributed by atoms with E-state index >= 15 is 0 Å². The van der Waals surface area contributed by atoms with Crippen molar-refractivity contribution in [3.63, 3.8) is 0 Å². The van der Waals surface area contributed by atoms with Crippen LogP contribution < -0.4 is 0 Å². The van der Waals surface area contributed by atoms with E-state index in [0.29, 0.717) is 12.8 Å². The van der Waals surface area contributed by atoms with Crippen LogP contribution in [-0.2, 0) is 19.1 Å². The normalized spacial score (nSPS) is 12.7. The number of unbranched alkanes of at least 4 members (excludes halogenated alkanes) is 24. The van der Waals surface area contributed by atoms with E-state index < -0.39 is 6.10 Å². The molecular weight excluding hydrogens is 548 g/mol. The van der Waals surface area contributed by atoms with Gasteiger partial charge in [-0.3, -0.25) is 9.59 Å². The first-order chi connectivity index (χ1) is 21.5. The van der Waals surface area contributed by atoms with E-state index in [1.807, 2.05) is 0 Å². The molecule has 1 unspecified atom stereocenters. The third kappa shape index (κ3) is 33.8. The summed E-state index contributed by atoms with van der Waals surface area (Å²) in [6.07, 6.45) is 35.8. The lowest BCUT2D eigenvalue weighted by Crippen LogP contribution is -2.25. The summed E-state index contributed by atoms with van der Waals surface area (Å²) in [5.41, 5.74) is 0. The fraction of sp³-hybridized carbons (Fsp3) is 0.949. The SMILES string of the molecule is CCCCCCCCCCCCCCCCCCCCC(=O)OC[C@@H](O)COC(=O)CCCCCCCCCCC(C)CC. The van der Waals surface area contributed by atoms with Crippen molar-refractivity contribution in [1.29, 1.82) is 0 Å². The van der Waals surface area contributed by atoms with Gasteiger partial charge in [-0.2, -0.15) is 0 Å². The van der Waals surface area contributed by atoms with Crippen molar-refractivity contribution in [3.05, 3.63) is 0 Å². The highest BCUT2D eigenvalue weighted by Gasteiger charge is 2.12. The molecule has 44 heavy (non-hydrogen) atoms. The van der Waals surface area contributed by atoms with Crippen LogP contribution in [0.5, 0.6) is 0 Å². The molecule has 0 heterocycles. The van der Waals surface area contributed by atoms with Crippen LogP contribution in [0.1, 0.15) is 213 Å². The van der Waals surface area contributed by atoms with Crippen molar-refractivity contribution in [1.82, 2.24) is 0 Å². The summed E-state index contributed by atoms with van der Waals surface area (Å²) in [6, 6.07) is 0. The molecule has 0 aromatic rings. The first-order valence-corrected chi connectivity index (χ1v) is 19.5. The molecule has 0 bridgehead atoms. The highest BCUT2D eigenvalue weighted by Crippen LogP contribution is 2.16. The summed E-state index contributed by atoms with van der Waals surface area (Å²) < 4.78 is 10.3. The smallest absolute Gasteiger partial charge is 0.305 e. The summed E-state index contributed by atoms with van der Waals surface area (Å²) in [7, 11) is 0. The number of aliphatic hydroxyl groups excluding tert-OH is 1. The van der Waals surface area contributed by atoms with Gasteiger partial charge in [0.25, 0.3) is 0 Å². The first-order valence-electron chi connectivity index (χ1n) is 19.5. The van der Waals surface area contributed by atoms with E-state index in [-0.39, 0.29) is 25.2 Å². The lowest BCUT2D eigenvalue weighted by Gasteiger charge is -2.12. The van der Waals surface area contributed by atoms with E-state index in [1.165, 1.54) is 148 Å². The summed E-state index contributed by atoms with van der Waals surface area (Å²) >= 11 is 0. The van der Waals surface area contributed by atoms with Crippen molar-refractivity contribution in [2.45, 2.75) is 219 Å². The first kappa shape index (κ1) is 42.9. The minimum absolute atomic E-state index is 0.109. The molecule has 0 radical (unpaired) electrons. The molecule has 0 saturated heterocycles. The molecule has 0 aliphatic rings. The fourth-order valence-corrected chi connectivity index (χ4v) is 5.77. The summed E-state index contributed by atoms with van der Waals surface area (Å²) in [5.74, 6) is 0.306. The minimum atomic E-state index is -0.955. The second-order valence-corrected chi connectivity index (χ2v) is 13.7. The van der Waals surface area contributed by atoms with E-state index in [0.717, 1.165) is 38.0 Å². The fourth-order valence-electron chi connectivity index (χ4n) is 5.77. The molecule has 2 atom stereocenters. The van der Waals surface area contributed by atoms with Gasteiger partial charge in [0.2, 0.25) is 0 Å². The number of carbonyl (C=O) groups excluding carboxylic acids is 2. The van der Waals surface area contributed by atoms with Crippen molar-refractivity contribution in [2.24, 2.45) is 5.92 Å². The maximum absolute atomic E-state index is 12.0. The maximum Gasteiger partial charge on any atom is 0.305 e. The molecule has 5 nitrogen and oxygen atoms in total. The van der Waals surface area contributed by atoms with E-state index in [9.17, 15) is 14.7 Å². The molecule has 5 heteroatoms. The Hall–Kier alpha value is -1.10. The molecule has 0 saturated carbocycles. The standard InChI is InChI=1S/C39H76O5/c1-4-6-7-8-9-10-11-12-13-14-15-16-17-18-19-23-26-29-32-38(41)43-34-37(40)35-44-39(42)33-30-27-24-21-20-22-25-28-31-36(3)5-2/h36-37,40H,4-35H2,1-3H3/t36?,37-/m1/s1. The zero-order valence-corrected chi connectivity index (χ0v) is 29.9. The second kappa shape index (κ2) is 34.8. The minimum Gasteiger partial charge on any atom is -0.463 e. The summed E-state index contributed by atoms with van der Waals surface area (Å²) in [6.45, 7) is 6.67. The van der Waals surface area contributed by atoms with Gasteiger partial charge in [-0.05, 0) is 18.8 Å². The molecule has 0 rings (SSSR count). The van der Waals surface area contributed by atoms with Crippen LogP contribution >= 0.6 is 0 Å². The van der Waals surface area contributed by atoms with Gasteiger partial charge < -0.3 is 14.6 Å². The topological polar surface area (TPSA) is 72.8 Å². The largest absolute Gasteiger partial charge is 0.463 e. The predicted octanol–water partition coefficient (Wildman–Crippen LogP) is 11.8. The molecule has 0 fully saturated rings. The van der Waals surface area contributed by atoms with Crippen molar-refractivity contribution in [3.8, 4) is 0 Å². The Labute approximate surface area is 274 Å². The average Bonchev–Trinajstić information content (AvgIpc) is 3.02. The van der Waals surface area contributed by atoms with Crippen molar-refractivity contribution in [2.75, 3.05) is 13.2 Å². The number of hydrogen-bond donors (Lipinski definition) is 1. The van der Waals surface area contributed by atoms with E-state index in [2.05, 4.69) is 20.8 Å². The van der Waals surface area contributed by atoms with E-state index in [1.54, 1.807) is 0 Å². The Bertz CT molecular complexity index is 607. The second-order valence-electron chi connectivity index (χ2n) is 13.7. The number of carbonyl (C=O) groups is 2. The quantitative estimate of drug-likeness (QED) is 0.0561. The van der Waals surface area contributed by atoms with Crippen LogP contribution in [-0.4, -0.2) is 36.4 Å². The molecule has 1 N–H and O–H groups in total. The predicted molar refractivity (Wildman–Crippen MR) is 187 cm³/mol. The van der Waals surface area contributed by atoms with Crippen LogP contribution in [0.4, 0.5) is 0 Å². The van der Waals surface area contributed by atoms with Crippen LogP contribution in [0.25, 0.3) is 0 Å². The number of hydrogen-bond acceptors (Lipinski definition) is 5. The average molecular weight is 625 g/mol. The van der Waals surface area contributed by atoms with Gasteiger partial charge in [0.05, 0.1) is 0 Å². The molecule has 0 aromatic carbocycles. The van der Waals surface area contributed by atoms with Gasteiger partial charge in [0.1, 0.15) is 19.3 Å². The van der Waals surface area contributed by atoms with E-state index in [4.69, 9.17) is 9.47 Å². The number of rotatable bonds is 35. The van der Waals surface area contributed by atoms with Crippen LogP contribution in [0, 0.1) is 5.92 Å². The monoisotopic (exact) mass is 625 g/mol. The Morgan fingerprint density at radius 3 is 1.09 bits per heavy atom. The molecule has 0 aliphatic carbocycles. The van der Waals surface area contributed by atoms with Gasteiger partial charge in [0.15, 0.2) is 0 Å². The van der Waals surface area contributed by atoms with Crippen molar-refractivity contribution < 1.29 is 24.2 Å². The lowest BCUT2D eigenvalue weighted by molar-refractivity contribution is -0.152. The summed E-state index contributed by atoms with van der Waals surface area (Å²) in [4.78, 5) is 23.9. The Morgan fingerprint density at radius 2 is 0.773 bits per heavy atom. The molecule has 0 aliphatic heterocycles. The Morgan fingerprint density at radius 1 is 0.477 bits per heavy atom. The highest BCUT2D eigenvalue weighted by molar-refractivity contribution is 5.69. The zero-order chi connectivity index (χ0) is 32.4. The third-order valence-corrected chi connectivity index (χ3v) is 9.13. The molecule has 0 spiro atoms. The number of ether oxygens (including phenoxy) is 2. The van der Waals surface area contributed by atoms with Crippen LogP contribution in [0.2, 0.25) is 0 Å². The van der Waals surface area contributed by atoms with Crippen LogP contribution in [0.15, 0.2) is 0 Å². The maximum atomic E-state index is 12.0. The van der Waals surface area contributed by atoms with Gasteiger partial charge in [-0.25, -0.2) is 0 Å². The highest BCUT2D eigenvalue weighted by atomic mass is 16.6. The molecule has 262 valence electrons. The van der Waals surface area contributed by atoms with Gasteiger partial charge in [0, 0.05) is 12.8 Å². The van der Waals surface area contributed by atoms with Crippen LogP contribution in [0.3, 0.4) is 0 Å². The molecule has 0 amide bonds. The van der Waals surface area contributed by atoms with Gasteiger partial charge in [-0.15, -0.1) is 0 Å².